The molecule has 1 unspecified atom stereocenters. The number of hydrogen-bond acceptors (Lipinski definition) is 4. The molecule has 2 heterocycles. The van der Waals surface area contributed by atoms with Crippen LogP contribution in [0.1, 0.15) is 17.3 Å². The molecular weight excluding hydrogens is 223 g/mol. The zero-order valence-corrected chi connectivity index (χ0v) is 10.8. The van der Waals surface area contributed by atoms with Crippen LogP contribution in [0.2, 0.25) is 0 Å². The molecular formula is C10H15N4OP. The molecule has 0 saturated heterocycles. The van der Waals surface area contributed by atoms with E-state index in [0.29, 0.717) is 13.1 Å². The van der Waals surface area contributed by atoms with Crippen molar-refractivity contribution in [2.45, 2.75) is 27.5 Å². The fourth-order valence-electron chi connectivity index (χ4n) is 1.68. The molecule has 2 aromatic rings. The summed E-state index contributed by atoms with van der Waals surface area (Å²) in [4.78, 5) is 13.2. The summed E-state index contributed by atoms with van der Waals surface area (Å²) in [6.07, 6.45) is 0.599. The van der Waals surface area contributed by atoms with Gasteiger partial charge in [-0.15, -0.1) is 9.24 Å². The molecule has 2 rings (SSSR count). The van der Waals surface area contributed by atoms with Crippen molar-refractivity contribution < 1.29 is 4.74 Å². The maximum absolute atomic E-state index is 5.37. The van der Waals surface area contributed by atoms with E-state index in [1.165, 1.54) is 0 Å². The average molecular weight is 238 g/mol. The summed E-state index contributed by atoms with van der Waals surface area (Å²) in [5, 5.41) is 0. The van der Waals surface area contributed by atoms with Crippen LogP contribution < -0.4 is 0 Å². The van der Waals surface area contributed by atoms with Crippen molar-refractivity contribution >= 4 is 20.4 Å². The molecule has 0 bridgehead atoms. The van der Waals surface area contributed by atoms with Crippen LogP contribution in [0.25, 0.3) is 11.2 Å². The standard InChI is InChI=1S/C10H15N4OP/c1-6-9-10(12-7(2)11-6)14(4-15-5-16)8(3)13-9/h4-5,16H2,1-3H3. The van der Waals surface area contributed by atoms with Gasteiger partial charge < -0.3 is 4.74 Å². The molecule has 5 nitrogen and oxygen atoms in total. The van der Waals surface area contributed by atoms with Gasteiger partial charge in [-0.3, -0.25) is 4.57 Å². The first-order valence-corrected chi connectivity index (χ1v) is 5.91. The molecule has 1 atom stereocenters. The number of aromatic nitrogens is 4. The van der Waals surface area contributed by atoms with Crippen molar-refractivity contribution in [3.63, 3.8) is 0 Å². The highest BCUT2D eigenvalue weighted by Gasteiger charge is 2.12. The van der Waals surface area contributed by atoms with E-state index >= 15 is 0 Å². The lowest BCUT2D eigenvalue weighted by atomic mass is 10.4. The van der Waals surface area contributed by atoms with E-state index in [0.717, 1.165) is 28.5 Å². The van der Waals surface area contributed by atoms with Crippen LogP contribution in [0.15, 0.2) is 0 Å². The topological polar surface area (TPSA) is 52.8 Å². The third-order valence-electron chi connectivity index (χ3n) is 2.41. The lowest BCUT2D eigenvalue weighted by Crippen LogP contribution is -2.05. The van der Waals surface area contributed by atoms with Gasteiger partial charge in [0.15, 0.2) is 5.65 Å². The largest absolute Gasteiger partial charge is 0.357 e. The smallest absolute Gasteiger partial charge is 0.165 e. The lowest BCUT2D eigenvalue weighted by Gasteiger charge is -2.05. The first kappa shape index (κ1) is 11.4. The second-order valence-electron chi connectivity index (χ2n) is 3.62. The molecule has 0 aliphatic heterocycles. The molecule has 0 aliphatic rings. The van der Waals surface area contributed by atoms with Crippen molar-refractivity contribution in [3.05, 3.63) is 17.3 Å². The third-order valence-corrected chi connectivity index (χ3v) is 2.65. The molecule has 86 valence electrons. The Labute approximate surface area is 96.5 Å². The number of fused-ring (bicyclic) bond motifs is 1. The van der Waals surface area contributed by atoms with Gasteiger partial charge in [0.25, 0.3) is 0 Å². The van der Waals surface area contributed by atoms with Crippen molar-refractivity contribution in [3.8, 4) is 0 Å². The predicted molar refractivity (Wildman–Crippen MR) is 65.2 cm³/mol. The highest BCUT2D eigenvalue weighted by Crippen LogP contribution is 2.16. The Morgan fingerprint density at radius 1 is 1.19 bits per heavy atom. The second kappa shape index (κ2) is 4.44. The van der Waals surface area contributed by atoms with E-state index in [1.54, 1.807) is 0 Å². The average Bonchev–Trinajstić information content (AvgIpc) is 2.53. The van der Waals surface area contributed by atoms with Crippen molar-refractivity contribution in [2.24, 2.45) is 0 Å². The zero-order valence-electron chi connectivity index (χ0n) is 9.69. The minimum atomic E-state index is 0.474. The monoisotopic (exact) mass is 238 g/mol. The van der Waals surface area contributed by atoms with Crippen LogP contribution in [0.4, 0.5) is 0 Å². The van der Waals surface area contributed by atoms with E-state index < -0.39 is 0 Å². The van der Waals surface area contributed by atoms with Gasteiger partial charge in [0.2, 0.25) is 0 Å². The van der Waals surface area contributed by atoms with Gasteiger partial charge in [0.05, 0.1) is 12.0 Å². The highest BCUT2D eigenvalue weighted by atomic mass is 31.0. The summed E-state index contributed by atoms with van der Waals surface area (Å²) >= 11 is 0. The number of rotatable bonds is 3. The third kappa shape index (κ3) is 1.93. The molecule has 0 aliphatic carbocycles. The van der Waals surface area contributed by atoms with Gasteiger partial charge in [0.1, 0.15) is 23.9 Å². The highest BCUT2D eigenvalue weighted by molar-refractivity contribution is 7.16. The summed E-state index contributed by atoms with van der Waals surface area (Å²) in [7, 11) is 2.53. The number of imidazole rings is 1. The van der Waals surface area contributed by atoms with Gasteiger partial charge in [-0.05, 0) is 20.8 Å². The predicted octanol–water partition coefficient (Wildman–Crippen LogP) is 1.56. The van der Waals surface area contributed by atoms with Gasteiger partial charge in [-0.1, -0.05) is 0 Å². The Hall–Kier alpha value is -1.06. The molecule has 0 saturated carbocycles. The normalized spacial score (nSPS) is 11.2. The Kier molecular flexibility index (Phi) is 3.17. The molecule has 16 heavy (non-hydrogen) atoms. The van der Waals surface area contributed by atoms with Crippen LogP contribution in [-0.4, -0.2) is 25.9 Å². The van der Waals surface area contributed by atoms with Gasteiger partial charge in [-0.2, -0.15) is 0 Å². The number of ether oxygens (including phenoxy) is 1. The Balaban J connectivity index is 2.59. The number of nitrogens with zero attached hydrogens (tertiary/aromatic N) is 4. The summed E-state index contributed by atoms with van der Waals surface area (Å²) in [5.41, 5.74) is 2.62. The van der Waals surface area contributed by atoms with Crippen LogP contribution in [-0.2, 0) is 11.5 Å². The molecule has 0 radical (unpaired) electrons. The SMILES string of the molecule is Cc1nc(C)c2nc(C)n(COCP)c2n1. The quantitative estimate of drug-likeness (QED) is 0.761. The van der Waals surface area contributed by atoms with Crippen LogP contribution >= 0.6 is 9.24 Å². The van der Waals surface area contributed by atoms with Crippen LogP contribution in [0.3, 0.4) is 0 Å². The Bertz CT molecular complexity index is 523. The van der Waals surface area contributed by atoms with Gasteiger partial charge in [0, 0.05) is 0 Å². The van der Waals surface area contributed by atoms with Crippen molar-refractivity contribution in [2.75, 3.05) is 6.35 Å². The first-order valence-electron chi connectivity index (χ1n) is 5.09. The van der Waals surface area contributed by atoms with Crippen LogP contribution in [0.5, 0.6) is 0 Å². The minimum Gasteiger partial charge on any atom is -0.357 e. The lowest BCUT2D eigenvalue weighted by molar-refractivity contribution is 0.118. The number of hydrogen-bond donors (Lipinski definition) is 0. The van der Waals surface area contributed by atoms with E-state index in [4.69, 9.17) is 4.74 Å². The molecule has 6 heteroatoms. The molecule has 2 aromatic heterocycles. The van der Waals surface area contributed by atoms with E-state index in [-0.39, 0.29) is 0 Å². The minimum absolute atomic E-state index is 0.474. The second-order valence-corrected chi connectivity index (χ2v) is 3.95. The van der Waals surface area contributed by atoms with Gasteiger partial charge >= 0.3 is 0 Å². The summed E-state index contributed by atoms with van der Waals surface area (Å²) in [6, 6.07) is 0. The van der Waals surface area contributed by atoms with E-state index in [2.05, 4.69) is 24.2 Å². The molecule has 0 aromatic carbocycles. The fraction of sp³-hybridized carbons (Fsp3) is 0.500. The fourth-order valence-corrected chi connectivity index (χ4v) is 1.79. The van der Waals surface area contributed by atoms with Gasteiger partial charge in [-0.25, -0.2) is 15.0 Å². The molecule has 0 N–H and O–H groups in total. The van der Waals surface area contributed by atoms with E-state index in [9.17, 15) is 0 Å². The molecule has 0 spiro atoms. The zero-order chi connectivity index (χ0) is 11.7. The number of aryl methyl sites for hydroxylation is 3. The van der Waals surface area contributed by atoms with E-state index in [1.807, 2.05) is 25.3 Å². The molecule has 0 fully saturated rings. The first-order chi connectivity index (χ1) is 7.63. The molecule has 0 amide bonds. The summed E-state index contributed by atoms with van der Waals surface area (Å²) in [6.45, 7) is 6.25. The Morgan fingerprint density at radius 3 is 2.62 bits per heavy atom. The van der Waals surface area contributed by atoms with Crippen molar-refractivity contribution in [1.82, 2.24) is 19.5 Å². The van der Waals surface area contributed by atoms with Crippen molar-refractivity contribution in [1.29, 1.82) is 0 Å². The Morgan fingerprint density at radius 2 is 1.94 bits per heavy atom. The maximum atomic E-state index is 5.37. The maximum Gasteiger partial charge on any atom is 0.165 e. The summed E-state index contributed by atoms with van der Waals surface area (Å²) in [5.74, 6) is 1.66. The van der Waals surface area contributed by atoms with Crippen LogP contribution in [0, 0.1) is 20.8 Å². The summed E-state index contributed by atoms with van der Waals surface area (Å²) < 4.78 is 7.33.